The number of nitrogens with two attached hydrogens (primary N) is 1. The van der Waals surface area contributed by atoms with Crippen LogP contribution in [0.2, 0.25) is 0 Å². The van der Waals surface area contributed by atoms with Crippen molar-refractivity contribution >= 4 is 0 Å². The van der Waals surface area contributed by atoms with Crippen molar-refractivity contribution in [1.29, 1.82) is 5.26 Å². The predicted octanol–water partition coefficient (Wildman–Crippen LogP) is 1.38. The first-order valence-electron chi connectivity index (χ1n) is 4.77. The van der Waals surface area contributed by atoms with Gasteiger partial charge in [-0.25, -0.2) is 0 Å². The number of pyridine rings is 1. The van der Waals surface area contributed by atoms with E-state index in [4.69, 9.17) is 15.5 Å². The number of nitriles is 1. The van der Waals surface area contributed by atoms with Gasteiger partial charge in [-0.05, 0) is 18.6 Å². The topological polar surface area (TPSA) is 88.7 Å². The molecule has 0 unspecified atom stereocenters. The molecular formula is C11H10N4O. The van der Waals surface area contributed by atoms with Crippen LogP contribution in [0.4, 0.5) is 0 Å². The third kappa shape index (κ3) is 1.78. The molecule has 5 heteroatoms. The lowest BCUT2D eigenvalue weighted by molar-refractivity contribution is 0.387. The summed E-state index contributed by atoms with van der Waals surface area (Å²) < 4.78 is 4.98. The van der Waals surface area contributed by atoms with Gasteiger partial charge in [0.2, 0.25) is 0 Å². The molecule has 2 rings (SSSR count). The van der Waals surface area contributed by atoms with Gasteiger partial charge in [0.15, 0.2) is 5.76 Å². The van der Waals surface area contributed by atoms with Gasteiger partial charge >= 0.3 is 0 Å². The van der Waals surface area contributed by atoms with Gasteiger partial charge in [-0.15, -0.1) is 0 Å². The molecule has 0 saturated carbocycles. The molecule has 0 saturated heterocycles. The number of rotatable bonds is 2. The summed E-state index contributed by atoms with van der Waals surface area (Å²) in [4.78, 5) is 4.14. The second-order valence-electron chi connectivity index (χ2n) is 3.38. The van der Waals surface area contributed by atoms with Crippen LogP contribution in [0.3, 0.4) is 0 Å². The highest BCUT2D eigenvalue weighted by Gasteiger charge is 2.08. The molecule has 2 heterocycles. The highest BCUT2D eigenvalue weighted by molar-refractivity contribution is 5.56. The maximum atomic E-state index is 8.78. The molecule has 80 valence electrons. The SMILES string of the molecule is Cc1cc(-c2cc(CN)on2)ncc1C#N. The Labute approximate surface area is 92.5 Å². The van der Waals surface area contributed by atoms with Crippen LogP contribution in [0.25, 0.3) is 11.4 Å². The molecule has 0 fully saturated rings. The standard InChI is InChI=1S/C11H10N4O/c1-7-2-10(14-6-8(7)4-12)11-3-9(5-13)16-15-11/h2-3,6H,5,13H2,1H3. The molecule has 2 N–H and O–H groups in total. The quantitative estimate of drug-likeness (QED) is 0.815. The van der Waals surface area contributed by atoms with Gasteiger partial charge in [-0.1, -0.05) is 5.16 Å². The van der Waals surface area contributed by atoms with Crippen molar-refractivity contribution in [3.8, 4) is 17.5 Å². The first-order chi connectivity index (χ1) is 7.74. The number of aryl methyl sites for hydroxylation is 1. The van der Waals surface area contributed by atoms with E-state index >= 15 is 0 Å². The van der Waals surface area contributed by atoms with E-state index in [2.05, 4.69) is 16.2 Å². The van der Waals surface area contributed by atoms with Crippen molar-refractivity contribution in [3.05, 3.63) is 35.2 Å². The highest BCUT2D eigenvalue weighted by Crippen LogP contribution is 2.19. The molecule has 2 aromatic heterocycles. The van der Waals surface area contributed by atoms with Crippen molar-refractivity contribution in [2.24, 2.45) is 5.73 Å². The fourth-order valence-corrected chi connectivity index (χ4v) is 1.34. The smallest absolute Gasteiger partial charge is 0.150 e. The van der Waals surface area contributed by atoms with Gasteiger partial charge < -0.3 is 10.3 Å². The van der Waals surface area contributed by atoms with Gasteiger partial charge in [-0.2, -0.15) is 5.26 Å². The third-order valence-corrected chi connectivity index (χ3v) is 2.25. The van der Waals surface area contributed by atoms with Crippen LogP contribution in [0, 0.1) is 18.3 Å². The Balaban J connectivity index is 2.42. The number of hydrogen-bond donors (Lipinski definition) is 1. The first kappa shape index (κ1) is 10.3. The van der Waals surface area contributed by atoms with Gasteiger partial charge in [0.05, 0.1) is 17.8 Å². The number of aromatic nitrogens is 2. The minimum atomic E-state index is 0.308. The zero-order valence-corrected chi connectivity index (χ0v) is 8.77. The zero-order chi connectivity index (χ0) is 11.5. The lowest BCUT2D eigenvalue weighted by Gasteiger charge is -1.98. The summed E-state index contributed by atoms with van der Waals surface area (Å²) in [6.07, 6.45) is 1.53. The van der Waals surface area contributed by atoms with E-state index in [1.165, 1.54) is 6.20 Å². The second-order valence-corrected chi connectivity index (χ2v) is 3.38. The summed E-state index contributed by atoms with van der Waals surface area (Å²) >= 11 is 0. The van der Waals surface area contributed by atoms with Gasteiger partial charge in [0, 0.05) is 12.3 Å². The van der Waals surface area contributed by atoms with Crippen molar-refractivity contribution in [2.45, 2.75) is 13.5 Å². The van der Waals surface area contributed by atoms with E-state index in [-0.39, 0.29) is 0 Å². The molecule has 0 aromatic carbocycles. The molecular weight excluding hydrogens is 204 g/mol. The van der Waals surface area contributed by atoms with Crippen molar-refractivity contribution in [1.82, 2.24) is 10.1 Å². The van der Waals surface area contributed by atoms with Crippen LogP contribution in [-0.2, 0) is 6.54 Å². The molecule has 0 aliphatic heterocycles. The Morgan fingerprint density at radius 3 is 2.81 bits per heavy atom. The Morgan fingerprint density at radius 1 is 1.44 bits per heavy atom. The third-order valence-electron chi connectivity index (χ3n) is 2.25. The molecule has 0 radical (unpaired) electrons. The fourth-order valence-electron chi connectivity index (χ4n) is 1.34. The van der Waals surface area contributed by atoms with Crippen LogP contribution < -0.4 is 5.73 Å². The van der Waals surface area contributed by atoms with E-state index in [0.29, 0.717) is 29.3 Å². The normalized spacial score (nSPS) is 10.1. The zero-order valence-electron chi connectivity index (χ0n) is 8.77. The van der Waals surface area contributed by atoms with Crippen molar-refractivity contribution in [3.63, 3.8) is 0 Å². The summed E-state index contributed by atoms with van der Waals surface area (Å²) in [6.45, 7) is 2.16. The molecule has 0 aliphatic rings. The predicted molar refractivity (Wildman–Crippen MR) is 57.1 cm³/mol. The minimum absolute atomic E-state index is 0.308. The Hall–Kier alpha value is -2.19. The number of hydrogen-bond acceptors (Lipinski definition) is 5. The van der Waals surface area contributed by atoms with Gasteiger partial charge in [-0.3, -0.25) is 4.98 Å². The largest absolute Gasteiger partial charge is 0.359 e. The average Bonchev–Trinajstić information content (AvgIpc) is 2.77. The van der Waals surface area contributed by atoms with E-state index in [1.54, 1.807) is 12.1 Å². The maximum Gasteiger partial charge on any atom is 0.150 e. The minimum Gasteiger partial charge on any atom is -0.359 e. The molecule has 2 aromatic rings. The Morgan fingerprint density at radius 2 is 2.25 bits per heavy atom. The molecule has 0 bridgehead atoms. The lowest BCUT2D eigenvalue weighted by atomic mass is 10.1. The van der Waals surface area contributed by atoms with Crippen LogP contribution in [0.15, 0.2) is 22.9 Å². The van der Waals surface area contributed by atoms with Crippen molar-refractivity contribution in [2.75, 3.05) is 0 Å². The van der Waals surface area contributed by atoms with E-state index < -0.39 is 0 Å². The maximum absolute atomic E-state index is 8.78. The summed E-state index contributed by atoms with van der Waals surface area (Å²) in [5, 5.41) is 12.6. The van der Waals surface area contributed by atoms with Crippen molar-refractivity contribution < 1.29 is 4.52 Å². The first-order valence-corrected chi connectivity index (χ1v) is 4.77. The van der Waals surface area contributed by atoms with Crippen LogP contribution in [0.1, 0.15) is 16.9 Å². The van der Waals surface area contributed by atoms with Crippen LogP contribution in [0.5, 0.6) is 0 Å². The summed E-state index contributed by atoms with van der Waals surface area (Å²) in [5.74, 6) is 0.610. The Kier molecular flexibility index (Phi) is 2.66. The lowest BCUT2D eigenvalue weighted by Crippen LogP contribution is -1.92. The molecule has 16 heavy (non-hydrogen) atoms. The number of nitrogens with zero attached hydrogens (tertiary/aromatic N) is 3. The van der Waals surface area contributed by atoms with Gasteiger partial charge in [0.1, 0.15) is 11.8 Å². The van der Waals surface area contributed by atoms with Crippen LogP contribution >= 0.6 is 0 Å². The molecule has 0 amide bonds. The van der Waals surface area contributed by atoms with E-state index in [9.17, 15) is 0 Å². The highest BCUT2D eigenvalue weighted by atomic mass is 16.5. The summed E-state index contributed by atoms with van der Waals surface area (Å²) in [5.41, 5.74) is 8.16. The average molecular weight is 214 g/mol. The molecule has 0 spiro atoms. The monoisotopic (exact) mass is 214 g/mol. The molecule has 0 aliphatic carbocycles. The van der Waals surface area contributed by atoms with E-state index in [0.717, 1.165) is 5.56 Å². The fraction of sp³-hybridized carbons (Fsp3) is 0.182. The van der Waals surface area contributed by atoms with Gasteiger partial charge in [0.25, 0.3) is 0 Å². The summed E-state index contributed by atoms with van der Waals surface area (Å²) in [6, 6.07) is 5.61. The molecule has 5 nitrogen and oxygen atoms in total. The second kappa shape index (κ2) is 4.13. The Bertz CT molecular complexity index is 553. The summed E-state index contributed by atoms with van der Waals surface area (Å²) in [7, 11) is 0. The molecule has 0 atom stereocenters. The van der Waals surface area contributed by atoms with E-state index in [1.807, 2.05) is 6.92 Å². The van der Waals surface area contributed by atoms with Crippen LogP contribution in [-0.4, -0.2) is 10.1 Å².